The highest BCUT2D eigenvalue weighted by atomic mass is 16.7. The van der Waals surface area contributed by atoms with Crippen LogP contribution in [0.25, 0.3) is 0 Å². The van der Waals surface area contributed by atoms with Gasteiger partial charge in [-0.05, 0) is 20.3 Å². The average molecular weight is 187 g/mol. The van der Waals surface area contributed by atoms with Crippen molar-refractivity contribution in [2.75, 3.05) is 6.61 Å². The van der Waals surface area contributed by atoms with E-state index >= 15 is 0 Å². The van der Waals surface area contributed by atoms with Crippen LogP contribution in [0.2, 0.25) is 0 Å². The van der Waals surface area contributed by atoms with Gasteiger partial charge in [0.15, 0.2) is 0 Å². The molecule has 0 saturated carbocycles. The molecule has 0 aromatic rings. The Balaban J connectivity index is 3.88. The van der Waals surface area contributed by atoms with E-state index in [4.69, 9.17) is 4.84 Å². The van der Waals surface area contributed by atoms with Crippen molar-refractivity contribution < 1.29 is 9.63 Å². The van der Waals surface area contributed by atoms with Gasteiger partial charge in [-0.3, -0.25) is 9.63 Å². The fraction of sp³-hybridized carbons (Fsp3) is 0.900. The lowest BCUT2D eigenvalue weighted by atomic mass is 10.3. The lowest BCUT2D eigenvalue weighted by Crippen LogP contribution is -2.36. The van der Waals surface area contributed by atoms with Crippen molar-refractivity contribution in [2.24, 2.45) is 0 Å². The van der Waals surface area contributed by atoms with Crippen molar-refractivity contribution in [1.29, 1.82) is 0 Å². The molecule has 0 bridgehead atoms. The van der Waals surface area contributed by atoms with Crippen LogP contribution >= 0.6 is 0 Å². The van der Waals surface area contributed by atoms with Crippen LogP contribution in [-0.4, -0.2) is 23.6 Å². The molecule has 0 fully saturated rings. The zero-order chi connectivity index (χ0) is 10.3. The van der Waals surface area contributed by atoms with E-state index in [2.05, 4.69) is 6.92 Å². The number of hydroxylamine groups is 2. The van der Waals surface area contributed by atoms with Crippen LogP contribution in [-0.2, 0) is 9.63 Å². The summed E-state index contributed by atoms with van der Waals surface area (Å²) >= 11 is 0. The highest BCUT2D eigenvalue weighted by Gasteiger charge is 2.15. The topological polar surface area (TPSA) is 29.5 Å². The molecule has 0 aromatic carbocycles. The SMILES string of the molecule is CCCCON(C(=O)CC)C(C)C. The van der Waals surface area contributed by atoms with Crippen LogP contribution in [0.1, 0.15) is 47.0 Å². The maximum atomic E-state index is 11.3. The molecule has 0 aromatic heterocycles. The van der Waals surface area contributed by atoms with Crippen molar-refractivity contribution in [3.05, 3.63) is 0 Å². The fourth-order valence-electron chi connectivity index (χ4n) is 0.972. The smallest absolute Gasteiger partial charge is 0.246 e. The van der Waals surface area contributed by atoms with Crippen molar-refractivity contribution in [2.45, 2.75) is 53.0 Å². The van der Waals surface area contributed by atoms with Gasteiger partial charge in [0.05, 0.1) is 12.6 Å². The number of unbranched alkanes of at least 4 members (excludes halogenated alkanes) is 1. The van der Waals surface area contributed by atoms with Gasteiger partial charge in [-0.2, -0.15) is 0 Å². The Morgan fingerprint density at radius 3 is 2.38 bits per heavy atom. The van der Waals surface area contributed by atoms with E-state index in [1.54, 1.807) is 0 Å². The standard InChI is InChI=1S/C10H21NO2/c1-5-7-8-13-11(9(3)4)10(12)6-2/h9H,5-8H2,1-4H3. The number of nitrogens with zero attached hydrogens (tertiary/aromatic N) is 1. The number of hydrogen-bond donors (Lipinski definition) is 0. The molecular weight excluding hydrogens is 166 g/mol. The Kier molecular flexibility index (Phi) is 6.59. The Bertz CT molecular complexity index is 146. The van der Waals surface area contributed by atoms with Crippen LogP contribution in [0, 0.1) is 0 Å². The van der Waals surface area contributed by atoms with E-state index in [1.165, 1.54) is 5.06 Å². The number of amides is 1. The third-order valence-electron chi connectivity index (χ3n) is 1.75. The summed E-state index contributed by atoms with van der Waals surface area (Å²) in [4.78, 5) is 16.7. The summed E-state index contributed by atoms with van der Waals surface area (Å²) in [5.41, 5.74) is 0. The Labute approximate surface area is 81.0 Å². The van der Waals surface area contributed by atoms with Gasteiger partial charge < -0.3 is 0 Å². The summed E-state index contributed by atoms with van der Waals surface area (Å²) in [6, 6.07) is 0.129. The van der Waals surface area contributed by atoms with Gasteiger partial charge in [0.2, 0.25) is 5.91 Å². The van der Waals surface area contributed by atoms with E-state index in [0.29, 0.717) is 13.0 Å². The number of carbonyl (C=O) groups is 1. The molecule has 0 aliphatic carbocycles. The third-order valence-corrected chi connectivity index (χ3v) is 1.75. The van der Waals surface area contributed by atoms with Crippen LogP contribution in [0.4, 0.5) is 0 Å². The maximum absolute atomic E-state index is 11.3. The molecule has 0 N–H and O–H groups in total. The highest BCUT2D eigenvalue weighted by molar-refractivity contribution is 5.74. The number of hydrogen-bond acceptors (Lipinski definition) is 2. The molecule has 13 heavy (non-hydrogen) atoms. The molecule has 0 unspecified atom stereocenters. The minimum Gasteiger partial charge on any atom is -0.273 e. The molecule has 0 radical (unpaired) electrons. The summed E-state index contributed by atoms with van der Waals surface area (Å²) in [5, 5.41) is 1.48. The molecular formula is C10H21NO2. The Morgan fingerprint density at radius 2 is 2.00 bits per heavy atom. The second-order valence-electron chi connectivity index (χ2n) is 3.35. The Morgan fingerprint density at radius 1 is 1.38 bits per heavy atom. The molecule has 0 aliphatic heterocycles. The van der Waals surface area contributed by atoms with Gasteiger partial charge in [-0.15, -0.1) is 0 Å². The van der Waals surface area contributed by atoms with E-state index in [9.17, 15) is 4.79 Å². The molecule has 0 heterocycles. The monoisotopic (exact) mass is 187 g/mol. The largest absolute Gasteiger partial charge is 0.273 e. The summed E-state index contributed by atoms with van der Waals surface area (Å²) < 4.78 is 0. The summed E-state index contributed by atoms with van der Waals surface area (Å²) in [6.45, 7) is 8.51. The lowest BCUT2D eigenvalue weighted by Gasteiger charge is -2.25. The van der Waals surface area contributed by atoms with Crippen LogP contribution in [0.3, 0.4) is 0 Å². The van der Waals surface area contributed by atoms with Crippen LogP contribution < -0.4 is 0 Å². The summed E-state index contributed by atoms with van der Waals surface area (Å²) in [7, 11) is 0. The molecule has 0 rings (SSSR count). The van der Waals surface area contributed by atoms with Crippen LogP contribution in [0.5, 0.6) is 0 Å². The first-order valence-corrected chi connectivity index (χ1v) is 5.08. The van der Waals surface area contributed by atoms with E-state index in [-0.39, 0.29) is 11.9 Å². The van der Waals surface area contributed by atoms with Gasteiger partial charge in [0, 0.05) is 6.42 Å². The van der Waals surface area contributed by atoms with Crippen molar-refractivity contribution in [3.8, 4) is 0 Å². The fourth-order valence-corrected chi connectivity index (χ4v) is 0.972. The molecule has 0 spiro atoms. The molecule has 3 heteroatoms. The number of rotatable bonds is 6. The van der Waals surface area contributed by atoms with E-state index in [0.717, 1.165) is 12.8 Å². The quantitative estimate of drug-likeness (QED) is 0.472. The van der Waals surface area contributed by atoms with Gasteiger partial charge in [0.1, 0.15) is 0 Å². The van der Waals surface area contributed by atoms with E-state index in [1.807, 2.05) is 20.8 Å². The van der Waals surface area contributed by atoms with Crippen molar-refractivity contribution in [1.82, 2.24) is 5.06 Å². The first-order chi connectivity index (χ1) is 6.13. The van der Waals surface area contributed by atoms with Gasteiger partial charge in [0.25, 0.3) is 0 Å². The van der Waals surface area contributed by atoms with Crippen molar-refractivity contribution >= 4 is 5.91 Å². The molecule has 78 valence electrons. The predicted molar refractivity (Wildman–Crippen MR) is 53.1 cm³/mol. The first-order valence-electron chi connectivity index (χ1n) is 5.08. The zero-order valence-corrected chi connectivity index (χ0v) is 9.17. The average Bonchev–Trinajstić information content (AvgIpc) is 2.11. The van der Waals surface area contributed by atoms with Gasteiger partial charge in [-0.25, -0.2) is 5.06 Å². The molecule has 0 atom stereocenters. The van der Waals surface area contributed by atoms with Gasteiger partial charge >= 0.3 is 0 Å². The molecule has 1 amide bonds. The van der Waals surface area contributed by atoms with Gasteiger partial charge in [-0.1, -0.05) is 20.3 Å². The Hall–Kier alpha value is -0.570. The summed E-state index contributed by atoms with van der Waals surface area (Å²) in [6.07, 6.45) is 2.59. The van der Waals surface area contributed by atoms with E-state index < -0.39 is 0 Å². The first kappa shape index (κ1) is 12.4. The lowest BCUT2D eigenvalue weighted by molar-refractivity contribution is -0.196. The second kappa shape index (κ2) is 6.89. The molecule has 0 saturated heterocycles. The normalized spacial score (nSPS) is 10.5. The predicted octanol–water partition coefficient (Wildman–Crippen LogP) is 2.37. The minimum absolute atomic E-state index is 0.0612. The zero-order valence-electron chi connectivity index (χ0n) is 9.17. The summed E-state index contributed by atoms with van der Waals surface area (Å²) in [5.74, 6) is 0.0612. The third kappa shape index (κ3) is 4.88. The minimum atomic E-state index is 0.0612. The maximum Gasteiger partial charge on any atom is 0.246 e. The second-order valence-corrected chi connectivity index (χ2v) is 3.35. The molecule has 0 aliphatic rings. The highest BCUT2D eigenvalue weighted by Crippen LogP contribution is 2.03. The molecule has 3 nitrogen and oxygen atoms in total. The number of carbonyl (C=O) groups excluding carboxylic acids is 1. The van der Waals surface area contributed by atoms with Crippen LogP contribution in [0.15, 0.2) is 0 Å². The van der Waals surface area contributed by atoms with Crippen molar-refractivity contribution in [3.63, 3.8) is 0 Å².